The molecule has 2 nitrogen and oxygen atoms in total. The normalized spacial score (nSPS) is 12.0. The Morgan fingerprint density at radius 1 is 1.15 bits per heavy atom. The zero-order chi connectivity index (χ0) is 14.7. The number of halogens is 3. The van der Waals surface area contributed by atoms with Crippen molar-refractivity contribution in [1.29, 1.82) is 0 Å². The Balaban J connectivity index is 2.11. The van der Waals surface area contributed by atoms with Crippen molar-refractivity contribution >= 4 is 37.6 Å². The van der Waals surface area contributed by atoms with E-state index in [0.717, 1.165) is 4.47 Å². The van der Waals surface area contributed by atoms with Crippen LogP contribution in [0.5, 0.6) is 5.75 Å². The van der Waals surface area contributed by atoms with Crippen LogP contribution in [0.15, 0.2) is 51.4 Å². The maximum atomic E-state index is 13.1. The number of hydrogen-bond donors (Lipinski definition) is 0. The van der Waals surface area contributed by atoms with Gasteiger partial charge in [-0.2, -0.15) is 0 Å². The summed E-state index contributed by atoms with van der Waals surface area (Å²) in [6, 6.07) is 11.3. The molecular formula is C15H11Br2FO2. The van der Waals surface area contributed by atoms with Crippen LogP contribution in [-0.2, 0) is 0 Å². The smallest absolute Gasteiger partial charge is 0.202 e. The molecule has 0 radical (unpaired) electrons. The molecule has 1 atom stereocenters. The van der Waals surface area contributed by atoms with Gasteiger partial charge in [-0.25, -0.2) is 4.39 Å². The fourth-order valence-electron chi connectivity index (χ4n) is 1.66. The van der Waals surface area contributed by atoms with Gasteiger partial charge in [0.1, 0.15) is 11.6 Å². The van der Waals surface area contributed by atoms with E-state index in [2.05, 4.69) is 31.9 Å². The molecule has 2 aromatic carbocycles. The van der Waals surface area contributed by atoms with Gasteiger partial charge in [0.25, 0.3) is 0 Å². The minimum atomic E-state index is -0.645. The van der Waals surface area contributed by atoms with Crippen molar-refractivity contribution in [3.8, 4) is 5.75 Å². The van der Waals surface area contributed by atoms with Gasteiger partial charge in [0.2, 0.25) is 5.78 Å². The number of ketones is 1. The summed E-state index contributed by atoms with van der Waals surface area (Å²) >= 11 is 6.40. The first-order valence-electron chi connectivity index (χ1n) is 5.89. The predicted molar refractivity (Wildman–Crippen MR) is 82.7 cm³/mol. The number of carbonyl (C=O) groups excluding carboxylic acids is 1. The molecule has 5 heteroatoms. The zero-order valence-electron chi connectivity index (χ0n) is 10.6. The summed E-state index contributed by atoms with van der Waals surface area (Å²) in [5.74, 6) is -0.0570. The summed E-state index contributed by atoms with van der Waals surface area (Å²) in [5, 5.41) is 0. The average molecular weight is 402 g/mol. The standard InChI is InChI=1S/C15H11Br2FO2/c1-9(15(19)10-2-4-11(16)5-3-10)20-12-6-7-14(18)13(17)8-12/h2-9H,1H3. The molecule has 0 aliphatic heterocycles. The van der Waals surface area contributed by atoms with Crippen LogP contribution in [0.1, 0.15) is 17.3 Å². The summed E-state index contributed by atoms with van der Waals surface area (Å²) < 4.78 is 19.9. The van der Waals surface area contributed by atoms with Gasteiger partial charge in [-0.1, -0.05) is 28.1 Å². The summed E-state index contributed by atoms with van der Waals surface area (Å²) in [4.78, 5) is 12.2. The van der Waals surface area contributed by atoms with Crippen LogP contribution in [0.3, 0.4) is 0 Å². The van der Waals surface area contributed by atoms with Crippen LogP contribution in [0.25, 0.3) is 0 Å². The van der Waals surface area contributed by atoms with Crippen LogP contribution in [-0.4, -0.2) is 11.9 Å². The van der Waals surface area contributed by atoms with Crippen LogP contribution in [0.4, 0.5) is 4.39 Å². The van der Waals surface area contributed by atoms with E-state index in [1.165, 1.54) is 18.2 Å². The number of ether oxygens (including phenoxy) is 1. The lowest BCUT2D eigenvalue weighted by atomic mass is 10.1. The largest absolute Gasteiger partial charge is 0.483 e. The second kappa shape index (κ2) is 6.50. The van der Waals surface area contributed by atoms with E-state index in [4.69, 9.17) is 4.74 Å². The van der Waals surface area contributed by atoms with Crippen LogP contribution < -0.4 is 4.74 Å². The lowest BCUT2D eigenvalue weighted by Gasteiger charge is -2.14. The number of carbonyl (C=O) groups is 1. The first-order chi connectivity index (χ1) is 9.47. The second-order valence-corrected chi connectivity index (χ2v) is 5.98. The van der Waals surface area contributed by atoms with Gasteiger partial charge in [-0.3, -0.25) is 4.79 Å². The second-order valence-electron chi connectivity index (χ2n) is 4.21. The van der Waals surface area contributed by atoms with Crippen molar-refractivity contribution in [1.82, 2.24) is 0 Å². The van der Waals surface area contributed by atoms with E-state index in [0.29, 0.717) is 15.8 Å². The lowest BCUT2D eigenvalue weighted by molar-refractivity contribution is 0.0818. The van der Waals surface area contributed by atoms with E-state index in [-0.39, 0.29) is 11.6 Å². The molecule has 0 amide bonds. The lowest BCUT2D eigenvalue weighted by Crippen LogP contribution is -2.23. The average Bonchev–Trinajstić information content (AvgIpc) is 2.43. The topological polar surface area (TPSA) is 26.3 Å². The Morgan fingerprint density at radius 2 is 1.80 bits per heavy atom. The first kappa shape index (κ1) is 15.2. The highest BCUT2D eigenvalue weighted by Crippen LogP contribution is 2.23. The zero-order valence-corrected chi connectivity index (χ0v) is 13.7. The number of hydrogen-bond acceptors (Lipinski definition) is 2. The van der Waals surface area contributed by atoms with E-state index >= 15 is 0 Å². The maximum Gasteiger partial charge on any atom is 0.202 e. The van der Waals surface area contributed by atoms with E-state index < -0.39 is 6.10 Å². The van der Waals surface area contributed by atoms with Gasteiger partial charge < -0.3 is 4.74 Å². The van der Waals surface area contributed by atoms with Gasteiger partial charge in [0.05, 0.1) is 4.47 Å². The highest BCUT2D eigenvalue weighted by atomic mass is 79.9. The van der Waals surface area contributed by atoms with Gasteiger partial charge in [-0.05, 0) is 53.2 Å². The van der Waals surface area contributed by atoms with Crippen molar-refractivity contribution < 1.29 is 13.9 Å². The third kappa shape index (κ3) is 3.67. The molecule has 2 rings (SSSR count). The highest BCUT2D eigenvalue weighted by molar-refractivity contribution is 9.10. The van der Waals surface area contributed by atoms with Crippen molar-refractivity contribution in [3.05, 3.63) is 62.8 Å². The first-order valence-corrected chi connectivity index (χ1v) is 7.47. The summed E-state index contributed by atoms with van der Waals surface area (Å²) in [5.41, 5.74) is 0.571. The molecule has 0 spiro atoms. The third-order valence-corrected chi connectivity index (χ3v) is 3.84. The minimum absolute atomic E-state index is 0.127. The monoisotopic (exact) mass is 400 g/mol. The Bertz CT molecular complexity index is 626. The van der Waals surface area contributed by atoms with Crippen LogP contribution >= 0.6 is 31.9 Å². The van der Waals surface area contributed by atoms with Crippen LogP contribution in [0, 0.1) is 5.82 Å². The molecular weight excluding hydrogens is 391 g/mol. The van der Waals surface area contributed by atoms with E-state index in [1.807, 2.05) is 0 Å². The Morgan fingerprint density at radius 3 is 2.40 bits per heavy atom. The molecule has 0 fully saturated rings. The van der Waals surface area contributed by atoms with Gasteiger partial charge in [0, 0.05) is 10.0 Å². The SMILES string of the molecule is CC(Oc1ccc(F)c(Br)c1)C(=O)c1ccc(Br)cc1. The third-order valence-electron chi connectivity index (χ3n) is 2.70. The molecule has 0 saturated heterocycles. The molecule has 104 valence electrons. The quantitative estimate of drug-likeness (QED) is 0.673. The van der Waals surface area contributed by atoms with Crippen molar-refractivity contribution in [2.45, 2.75) is 13.0 Å². The fourth-order valence-corrected chi connectivity index (χ4v) is 2.28. The van der Waals surface area contributed by atoms with Gasteiger partial charge >= 0.3 is 0 Å². The molecule has 0 aliphatic rings. The summed E-state index contributed by atoms with van der Waals surface area (Å²) in [7, 11) is 0. The van der Waals surface area contributed by atoms with Crippen molar-refractivity contribution in [3.63, 3.8) is 0 Å². The number of rotatable bonds is 4. The van der Waals surface area contributed by atoms with E-state index in [9.17, 15) is 9.18 Å². The van der Waals surface area contributed by atoms with Gasteiger partial charge in [-0.15, -0.1) is 0 Å². The molecule has 0 aliphatic carbocycles. The molecule has 20 heavy (non-hydrogen) atoms. The van der Waals surface area contributed by atoms with Crippen molar-refractivity contribution in [2.24, 2.45) is 0 Å². The fraction of sp³-hybridized carbons (Fsp3) is 0.133. The summed E-state index contributed by atoms with van der Waals surface area (Å²) in [6.07, 6.45) is -0.645. The molecule has 0 bridgehead atoms. The molecule has 0 aromatic heterocycles. The number of Topliss-reactive ketones (excluding diaryl/α,β-unsaturated/α-hetero) is 1. The predicted octanol–water partition coefficient (Wildman–Crippen LogP) is 5.00. The molecule has 0 heterocycles. The summed E-state index contributed by atoms with van der Waals surface area (Å²) in [6.45, 7) is 1.67. The Hall–Kier alpha value is -1.20. The molecule has 0 N–H and O–H groups in total. The molecule has 2 aromatic rings. The maximum absolute atomic E-state index is 13.1. The Labute approximate surface area is 133 Å². The van der Waals surface area contributed by atoms with Gasteiger partial charge in [0.15, 0.2) is 6.10 Å². The van der Waals surface area contributed by atoms with E-state index in [1.54, 1.807) is 31.2 Å². The number of benzene rings is 2. The highest BCUT2D eigenvalue weighted by Gasteiger charge is 2.17. The minimum Gasteiger partial charge on any atom is -0.483 e. The van der Waals surface area contributed by atoms with Crippen LogP contribution in [0.2, 0.25) is 0 Å². The molecule has 0 saturated carbocycles. The van der Waals surface area contributed by atoms with Crippen molar-refractivity contribution in [2.75, 3.05) is 0 Å². The molecule has 1 unspecified atom stereocenters. The Kier molecular flexibility index (Phi) is 4.94.